The van der Waals surface area contributed by atoms with E-state index in [1.165, 1.54) is 0 Å². The Bertz CT molecular complexity index is 578. The minimum absolute atomic E-state index is 0. The molecule has 0 fully saturated rings. The van der Waals surface area contributed by atoms with Crippen LogP contribution in [0.3, 0.4) is 0 Å². The van der Waals surface area contributed by atoms with Crippen molar-refractivity contribution < 1.29 is 19.5 Å². The van der Waals surface area contributed by atoms with Gasteiger partial charge in [-0.25, -0.2) is 0 Å². The fourth-order valence-electron chi connectivity index (χ4n) is 2.33. The number of nitrogens with zero attached hydrogens (tertiary/aromatic N) is 4. The molecule has 3 aromatic rings. The SMILES string of the molecule is [Zn].c1ccc(CN(Cc2ccccn2)Cc2ccccn2)nc1. The Kier molecular flexibility index (Phi) is 6.98. The summed E-state index contributed by atoms with van der Waals surface area (Å²) in [6, 6.07) is 18.0. The van der Waals surface area contributed by atoms with Gasteiger partial charge in [-0.2, -0.15) is 0 Å². The van der Waals surface area contributed by atoms with E-state index in [9.17, 15) is 0 Å². The van der Waals surface area contributed by atoms with Gasteiger partial charge in [-0.05, 0) is 36.4 Å². The Balaban J connectivity index is 0.00000192. The van der Waals surface area contributed by atoms with Crippen molar-refractivity contribution in [3.05, 3.63) is 90.3 Å². The monoisotopic (exact) mass is 354 g/mol. The average molecular weight is 356 g/mol. The Morgan fingerprint density at radius 3 is 1.17 bits per heavy atom. The van der Waals surface area contributed by atoms with E-state index < -0.39 is 0 Å². The van der Waals surface area contributed by atoms with Crippen LogP contribution < -0.4 is 0 Å². The molecule has 3 rings (SSSR count). The molecule has 0 aliphatic carbocycles. The molecular weight excluding hydrogens is 338 g/mol. The molecule has 23 heavy (non-hydrogen) atoms. The van der Waals surface area contributed by atoms with Gasteiger partial charge < -0.3 is 0 Å². The van der Waals surface area contributed by atoms with Gasteiger partial charge >= 0.3 is 0 Å². The van der Waals surface area contributed by atoms with Crippen LogP contribution in [0.15, 0.2) is 73.2 Å². The van der Waals surface area contributed by atoms with E-state index in [1.54, 1.807) is 0 Å². The predicted octanol–water partition coefficient (Wildman–Crippen LogP) is 3.07. The van der Waals surface area contributed by atoms with Gasteiger partial charge in [0.25, 0.3) is 0 Å². The van der Waals surface area contributed by atoms with Crippen molar-refractivity contribution >= 4 is 0 Å². The van der Waals surface area contributed by atoms with Crippen LogP contribution in [-0.2, 0) is 39.1 Å². The van der Waals surface area contributed by atoms with Crippen LogP contribution in [0.4, 0.5) is 0 Å². The molecule has 0 aromatic carbocycles. The van der Waals surface area contributed by atoms with Crippen molar-refractivity contribution in [3.8, 4) is 0 Å². The Labute approximate surface area is 149 Å². The summed E-state index contributed by atoms with van der Waals surface area (Å²) in [7, 11) is 0. The van der Waals surface area contributed by atoms with E-state index in [0.29, 0.717) is 0 Å². The molecule has 0 saturated carbocycles. The number of pyridine rings is 3. The summed E-state index contributed by atoms with van der Waals surface area (Å²) in [5.41, 5.74) is 3.15. The van der Waals surface area contributed by atoms with Gasteiger partial charge in [-0.3, -0.25) is 19.9 Å². The third-order valence-corrected chi connectivity index (χ3v) is 3.34. The number of aromatic nitrogens is 3. The minimum atomic E-state index is 0. The summed E-state index contributed by atoms with van der Waals surface area (Å²) in [6.45, 7) is 2.32. The second-order valence-electron chi connectivity index (χ2n) is 5.11. The van der Waals surface area contributed by atoms with Gasteiger partial charge in [-0.15, -0.1) is 0 Å². The first-order valence-electron chi connectivity index (χ1n) is 7.32. The van der Waals surface area contributed by atoms with E-state index >= 15 is 0 Å². The topological polar surface area (TPSA) is 41.9 Å². The molecule has 0 spiro atoms. The molecule has 0 aliphatic rings. The zero-order chi connectivity index (χ0) is 15.0. The molecule has 0 aliphatic heterocycles. The van der Waals surface area contributed by atoms with Gasteiger partial charge in [0, 0.05) is 57.7 Å². The predicted molar refractivity (Wildman–Crippen MR) is 85.7 cm³/mol. The van der Waals surface area contributed by atoms with Crippen LogP contribution in [0, 0.1) is 0 Å². The quantitative estimate of drug-likeness (QED) is 0.637. The standard InChI is InChI=1S/C18H18N4.Zn/c1-4-10-19-16(7-1)13-22(14-17-8-2-5-11-20-17)15-18-9-3-6-12-21-18;/h1-12H,13-15H2;. The second-order valence-corrected chi connectivity index (χ2v) is 5.11. The molecule has 3 heterocycles. The van der Waals surface area contributed by atoms with E-state index in [-0.39, 0.29) is 19.5 Å². The molecule has 0 bridgehead atoms. The first-order valence-corrected chi connectivity index (χ1v) is 7.32. The molecule has 0 amide bonds. The third-order valence-electron chi connectivity index (χ3n) is 3.34. The number of hydrogen-bond acceptors (Lipinski definition) is 4. The average Bonchev–Trinajstić information content (AvgIpc) is 2.57. The van der Waals surface area contributed by atoms with Crippen molar-refractivity contribution in [2.75, 3.05) is 0 Å². The number of rotatable bonds is 6. The van der Waals surface area contributed by atoms with Crippen molar-refractivity contribution in [3.63, 3.8) is 0 Å². The maximum atomic E-state index is 4.42. The van der Waals surface area contributed by atoms with Gasteiger partial charge in [-0.1, -0.05) is 18.2 Å². The molecule has 4 nitrogen and oxygen atoms in total. The van der Waals surface area contributed by atoms with Crippen molar-refractivity contribution in [2.24, 2.45) is 0 Å². The van der Waals surface area contributed by atoms with Crippen LogP contribution in [-0.4, -0.2) is 19.9 Å². The Morgan fingerprint density at radius 1 is 0.565 bits per heavy atom. The van der Waals surface area contributed by atoms with Crippen LogP contribution in [0.2, 0.25) is 0 Å². The Hall–Kier alpha value is -1.97. The van der Waals surface area contributed by atoms with E-state index in [4.69, 9.17) is 0 Å². The molecule has 0 radical (unpaired) electrons. The molecule has 0 atom stereocenters. The van der Waals surface area contributed by atoms with Crippen LogP contribution in [0.1, 0.15) is 17.1 Å². The molecule has 0 unspecified atom stereocenters. The first kappa shape index (κ1) is 17.4. The largest absolute Gasteiger partial charge is 0.286 e. The molecule has 112 valence electrons. The molecule has 0 N–H and O–H groups in total. The normalized spacial score (nSPS) is 10.3. The fourth-order valence-corrected chi connectivity index (χ4v) is 2.33. The van der Waals surface area contributed by atoms with Gasteiger partial charge in [0.2, 0.25) is 0 Å². The minimum Gasteiger partial charge on any atom is -0.286 e. The van der Waals surface area contributed by atoms with Crippen molar-refractivity contribution in [1.82, 2.24) is 19.9 Å². The molecule has 3 aromatic heterocycles. The second kappa shape index (κ2) is 9.23. The van der Waals surface area contributed by atoms with Crippen molar-refractivity contribution in [2.45, 2.75) is 19.6 Å². The van der Waals surface area contributed by atoms with Crippen LogP contribution in [0.5, 0.6) is 0 Å². The molecule has 5 heteroatoms. The number of hydrogen-bond donors (Lipinski definition) is 0. The zero-order valence-corrected chi connectivity index (χ0v) is 16.0. The van der Waals surface area contributed by atoms with Crippen LogP contribution >= 0.6 is 0 Å². The van der Waals surface area contributed by atoms with Gasteiger partial charge in [0.1, 0.15) is 0 Å². The maximum Gasteiger partial charge on any atom is 0.0544 e. The summed E-state index contributed by atoms with van der Waals surface area (Å²) >= 11 is 0. The summed E-state index contributed by atoms with van der Waals surface area (Å²) in [6.07, 6.45) is 5.49. The molecular formula is C18H18N4Zn. The Morgan fingerprint density at radius 2 is 0.913 bits per heavy atom. The summed E-state index contributed by atoms with van der Waals surface area (Å²) in [5.74, 6) is 0. The van der Waals surface area contributed by atoms with Crippen LogP contribution in [0.25, 0.3) is 0 Å². The summed E-state index contributed by atoms with van der Waals surface area (Å²) < 4.78 is 0. The van der Waals surface area contributed by atoms with Crippen molar-refractivity contribution in [1.29, 1.82) is 0 Å². The zero-order valence-electron chi connectivity index (χ0n) is 13.0. The fraction of sp³-hybridized carbons (Fsp3) is 0.167. The summed E-state index contributed by atoms with van der Waals surface area (Å²) in [4.78, 5) is 15.6. The molecule has 0 saturated heterocycles. The van der Waals surface area contributed by atoms with Gasteiger partial charge in [0.05, 0.1) is 17.1 Å². The first-order chi connectivity index (χ1) is 10.9. The van der Waals surface area contributed by atoms with Gasteiger partial charge in [0.15, 0.2) is 0 Å². The van der Waals surface area contributed by atoms with E-state index in [2.05, 4.69) is 19.9 Å². The summed E-state index contributed by atoms with van der Waals surface area (Å²) in [5, 5.41) is 0. The van der Waals surface area contributed by atoms with E-state index in [0.717, 1.165) is 36.7 Å². The third kappa shape index (κ3) is 5.62. The smallest absolute Gasteiger partial charge is 0.0544 e. The maximum absolute atomic E-state index is 4.42. The van der Waals surface area contributed by atoms with E-state index in [1.807, 2.05) is 73.2 Å².